The van der Waals surface area contributed by atoms with Crippen LogP contribution in [-0.4, -0.2) is 81.1 Å². The van der Waals surface area contributed by atoms with Gasteiger partial charge in [-0.2, -0.15) is 0 Å². The number of nitrogens with one attached hydrogen (secondary N) is 1. The summed E-state index contributed by atoms with van der Waals surface area (Å²) < 4.78 is 23.4. The maximum absolute atomic E-state index is 12.3. The van der Waals surface area contributed by atoms with Gasteiger partial charge in [-0.3, -0.25) is 14.9 Å². The summed E-state index contributed by atoms with van der Waals surface area (Å²) in [6.45, 7) is 8.59. The van der Waals surface area contributed by atoms with Crippen LogP contribution in [0.1, 0.15) is 23.7 Å². The number of likely N-dealkylation sites (N-methyl/N-ethyl adjacent to an activating group) is 1. The first-order valence-electron chi connectivity index (χ1n) is 8.93. The smallest absolute Gasteiger partial charge is 0.271 e. The third-order valence-corrected chi connectivity index (χ3v) is 5.73. The summed E-state index contributed by atoms with van der Waals surface area (Å²) in [6, 6.07) is 3.22. The van der Waals surface area contributed by atoms with Gasteiger partial charge < -0.3 is 15.1 Å². The highest BCUT2D eigenvalue weighted by molar-refractivity contribution is 7.90. The van der Waals surface area contributed by atoms with Crippen LogP contribution in [0.4, 0.5) is 5.69 Å². The lowest BCUT2D eigenvalue weighted by Crippen LogP contribution is -2.46. The monoisotopic (exact) mass is 398 g/mol. The van der Waals surface area contributed by atoms with Crippen molar-refractivity contribution in [3.63, 3.8) is 0 Å². The normalized spacial score (nSPS) is 16.2. The molecule has 10 heteroatoms. The molecular weight excluding hydrogens is 372 g/mol. The number of nitrogens with zero attached hydrogens (tertiary/aromatic N) is 3. The van der Waals surface area contributed by atoms with Crippen molar-refractivity contribution in [3.8, 4) is 0 Å². The van der Waals surface area contributed by atoms with Crippen LogP contribution in [0, 0.1) is 10.1 Å². The van der Waals surface area contributed by atoms with Crippen LogP contribution < -0.4 is 5.32 Å². The first-order chi connectivity index (χ1) is 12.7. The van der Waals surface area contributed by atoms with E-state index in [1.54, 1.807) is 0 Å². The van der Waals surface area contributed by atoms with E-state index in [9.17, 15) is 23.3 Å². The molecule has 0 aliphatic carbocycles. The Bertz CT molecular complexity index is 789. The molecule has 0 bridgehead atoms. The van der Waals surface area contributed by atoms with Gasteiger partial charge in [0.25, 0.3) is 11.6 Å². The Kier molecular flexibility index (Phi) is 7.28. The third kappa shape index (κ3) is 6.26. The van der Waals surface area contributed by atoms with Crippen molar-refractivity contribution in [2.75, 3.05) is 52.1 Å². The molecule has 27 heavy (non-hydrogen) atoms. The highest BCUT2D eigenvalue weighted by atomic mass is 32.2. The molecular formula is C17H26N4O5S. The second-order valence-corrected chi connectivity index (χ2v) is 8.65. The first-order valence-corrected chi connectivity index (χ1v) is 10.8. The largest absolute Gasteiger partial charge is 0.352 e. The predicted molar refractivity (Wildman–Crippen MR) is 102 cm³/mol. The predicted octanol–water partition coefficient (Wildman–Crippen LogP) is 0.756. The van der Waals surface area contributed by atoms with Crippen LogP contribution in [-0.2, 0) is 9.84 Å². The van der Waals surface area contributed by atoms with Crippen molar-refractivity contribution in [2.45, 2.75) is 18.2 Å². The fourth-order valence-corrected chi connectivity index (χ4v) is 3.65. The fourth-order valence-electron chi connectivity index (χ4n) is 2.97. The number of amides is 1. The lowest BCUT2D eigenvalue weighted by Gasteiger charge is -2.33. The summed E-state index contributed by atoms with van der Waals surface area (Å²) in [7, 11) is -3.66. The number of non-ortho nitro benzene ring substituents is 1. The van der Waals surface area contributed by atoms with E-state index in [0.717, 1.165) is 64.1 Å². The molecule has 1 N–H and O–H groups in total. The van der Waals surface area contributed by atoms with Crippen LogP contribution >= 0.6 is 0 Å². The molecule has 0 atom stereocenters. The molecule has 1 aliphatic rings. The number of sulfone groups is 1. The Morgan fingerprint density at radius 3 is 2.37 bits per heavy atom. The minimum atomic E-state index is -3.66. The SMILES string of the molecule is CCN1CCN(CCCNC(=O)c2cc([N+](=O)[O-])cc(S(C)(=O)=O)c2)CC1. The van der Waals surface area contributed by atoms with Gasteiger partial charge in [-0.1, -0.05) is 6.92 Å². The lowest BCUT2D eigenvalue weighted by molar-refractivity contribution is -0.385. The van der Waals surface area contributed by atoms with Crippen molar-refractivity contribution >= 4 is 21.4 Å². The van der Waals surface area contributed by atoms with Crippen LogP contribution in [0.3, 0.4) is 0 Å². The van der Waals surface area contributed by atoms with E-state index in [4.69, 9.17) is 0 Å². The number of carbonyl (C=O) groups is 1. The summed E-state index contributed by atoms with van der Waals surface area (Å²) in [6.07, 6.45) is 1.71. The van der Waals surface area contributed by atoms with E-state index in [2.05, 4.69) is 22.0 Å². The zero-order valence-electron chi connectivity index (χ0n) is 15.7. The molecule has 1 saturated heterocycles. The number of nitro benzene ring substituents is 1. The maximum atomic E-state index is 12.3. The van der Waals surface area contributed by atoms with Gasteiger partial charge in [-0.15, -0.1) is 0 Å². The molecule has 0 radical (unpaired) electrons. The fraction of sp³-hybridized carbons (Fsp3) is 0.588. The maximum Gasteiger partial charge on any atom is 0.271 e. The first kappa shape index (κ1) is 21.3. The Morgan fingerprint density at radius 2 is 1.81 bits per heavy atom. The summed E-state index contributed by atoms with van der Waals surface area (Å²) in [5.41, 5.74) is -0.446. The third-order valence-electron chi connectivity index (χ3n) is 4.64. The molecule has 0 spiro atoms. The van der Waals surface area contributed by atoms with Gasteiger partial charge in [0, 0.05) is 56.7 Å². The summed E-state index contributed by atoms with van der Waals surface area (Å²) in [5, 5.41) is 13.7. The molecule has 1 aromatic rings. The number of piperazine rings is 1. The quantitative estimate of drug-likeness (QED) is 0.391. The standard InChI is InChI=1S/C17H26N4O5S/c1-3-19-7-9-20(10-8-19)6-4-5-18-17(22)14-11-15(21(23)24)13-16(12-14)27(2,25)26/h11-13H,3-10H2,1-2H3,(H,18,22). The van der Waals surface area contributed by atoms with Crippen molar-refractivity contribution < 1.29 is 18.1 Å². The number of rotatable bonds is 8. The zero-order valence-corrected chi connectivity index (χ0v) is 16.5. The Morgan fingerprint density at radius 1 is 1.19 bits per heavy atom. The van der Waals surface area contributed by atoms with Gasteiger partial charge in [0.15, 0.2) is 9.84 Å². The molecule has 1 amide bonds. The van der Waals surface area contributed by atoms with Gasteiger partial charge in [0.05, 0.1) is 9.82 Å². The molecule has 1 heterocycles. The molecule has 1 fully saturated rings. The average molecular weight is 398 g/mol. The van der Waals surface area contributed by atoms with Gasteiger partial charge in [-0.25, -0.2) is 8.42 Å². The molecule has 0 saturated carbocycles. The Balaban J connectivity index is 1.90. The van der Waals surface area contributed by atoms with Crippen molar-refractivity contribution in [3.05, 3.63) is 33.9 Å². The van der Waals surface area contributed by atoms with E-state index in [1.165, 1.54) is 6.07 Å². The number of carbonyl (C=O) groups excluding carboxylic acids is 1. The van der Waals surface area contributed by atoms with E-state index in [0.29, 0.717) is 6.54 Å². The number of hydrogen-bond donors (Lipinski definition) is 1. The number of benzene rings is 1. The van der Waals surface area contributed by atoms with Crippen molar-refractivity contribution in [1.82, 2.24) is 15.1 Å². The molecule has 9 nitrogen and oxygen atoms in total. The van der Waals surface area contributed by atoms with Gasteiger partial charge >= 0.3 is 0 Å². The number of nitro groups is 1. The second kappa shape index (κ2) is 9.25. The van der Waals surface area contributed by atoms with E-state index < -0.39 is 26.4 Å². The van der Waals surface area contributed by atoms with Crippen LogP contribution in [0.15, 0.2) is 23.1 Å². The minimum absolute atomic E-state index is 0.0267. The summed E-state index contributed by atoms with van der Waals surface area (Å²) in [5.74, 6) is -0.514. The summed E-state index contributed by atoms with van der Waals surface area (Å²) in [4.78, 5) is 27.1. The van der Waals surface area contributed by atoms with E-state index in [1.807, 2.05) is 0 Å². The van der Waals surface area contributed by atoms with Crippen LogP contribution in [0.2, 0.25) is 0 Å². The highest BCUT2D eigenvalue weighted by Crippen LogP contribution is 2.21. The topological polar surface area (TPSA) is 113 Å². The van der Waals surface area contributed by atoms with Crippen LogP contribution in [0.25, 0.3) is 0 Å². The van der Waals surface area contributed by atoms with Gasteiger partial charge in [0.2, 0.25) is 0 Å². The second-order valence-electron chi connectivity index (χ2n) is 6.63. The Hall–Kier alpha value is -2.04. The van der Waals surface area contributed by atoms with E-state index >= 15 is 0 Å². The zero-order chi connectivity index (χ0) is 20.0. The minimum Gasteiger partial charge on any atom is -0.352 e. The number of hydrogen-bond acceptors (Lipinski definition) is 7. The summed E-state index contributed by atoms with van der Waals surface area (Å²) >= 11 is 0. The van der Waals surface area contributed by atoms with Gasteiger partial charge in [-0.05, 0) is 25.6 Å². The van der Waals surface area contributed by atoms with Crippen molar-refractivity contribution in [2.24, 2.45) is 0 Å². The lowest BCUT2D eigenvalue weighted by atomic mass is 10.2. The highest BCUT2D eigenvalue weighted by Gasteiger charge is 2.19. The van der Waals surface area contributed by atoms with Gasteiger partial charge in [0.1, 0.15) is 0 Å². The molecule has 2 rings (SSSR count). The molecule has 0 aromatic heterocycles. The Labute approximate surface area is 159 Å². The molecule has 0 unspecified atom stereocenters. The average Bonchev–Trinajstić information content (AvgIpc) is 2.64. The van der Waals surface area contributed by atoms with Crippen molar-refractivity contribution in [1.29, 1.82) is 0 Å². The van der Waals surface area contributed by atoms with E-state index in [-0.39, 0.29) is 10.5 Å². The molecule has 150 valence electrons. The van der Waals surface area contributed by atoms with Crippen LogP contribution in [0.5, 0.6) is 0 Å². The molecule has 1 aliphatic heterocycles. The molecule has 1 aromatic carbocycles.